The molecule has 1 atom stereocenters. The minimum atomic E-state index is -0.487. The molecule has 19 heavy (non-hydrogen) atoms. The molecule has 1 aliphatic heterocycles. The quantitative estimate of drug-likeness (QED) is 0.780. The zero-order valence-corrected chi connectivity index (χ0v) is 11.1. The van der Waals surface area contributed by atoms with E-state index >= 15 is 0 Å². The Labute approximate surface area is 112 Å². The Bertz CT molecular complexity index is 513. The van der Waals surface area contributed by atoms with E-state index in [9.17, 15) is 9.59 Å². The van der Waals surface area contributed by atoms with Crippen LogP contribution in [-0.4, -0.2) is 29.3 Å². The summed E-state index contributed by atoms with van der Waals surface area (Å²) in [5, 5.41) is 0. The van der Waals surface area contributed by atoms with Crippen LogP contribution in [0.3, 0.4) is 0 Å². The molecule has 1 aliphatic rings. The molecular formula is C14H19N3O2. The minimum absolute atomic E-state index is 0.147. The van der Waals surface area contributed by atoms with Gasteiger partial charge in [-0.1, -0.05) is 0 Å². The van der Waals surface area contributed by atoms with E-state index < -0.39 is 11.9 Å². The van der Waals surface area contributed by atoms with Crippen molar-refractivity contribution < 1.29 is 9.59 Å². The second-order valence-corrected chi connectivity index (χ2v) is 4.98. The number of nitrogens with two attached hydrogens (primary N) is 2. The highest BCUT2D eigenvalue weighted by Crippen LogP contribution is 2.21. The highest BCUT2D eigenvalue weighted by Gasteiger charge is 2.31. The summed E-state index contributed by atoms with van der Waals surface area (Å²) in [5.74, 6) is -0.577. The number of rotatable bonds is 2. The monoisotopic (exact) mass is 261 g/mol. The summed E-state index contributed by atoms with van der Waals surface area (Å²) in [6.45, 7) is 2.43. The Hall–Kier alpha value is -2.04. The topological polar surface area (TPSA) is 89.4 Å². The largest absolute Gasteiger partial charge is 0.399 e. The number of hydrogen-bond acceptors (Lipinski definition) is 3. The van der Waals surface area contributed by atoms with Crippen molar-refractivity contribution in [3.05, 3.63) is 29.3 Å². The minimum Gasteiger partial charge on any atom is -0.399 e. The number of piperidine rings is 1. The first-order chi connectivity index (χ1) is 9.00. The van der Waals surface area contributed by atoms with Crippen LogP contribution in [0.15, 0.2) is 18.2 Å². The summed E-state index contributed by atoms with van der Waals surface area (Å²) >= 11 is 0. The van der Waals surface area contributed by atoms with Crippen LogP contribution in [0, 0.1) is 6.92 Å². The zero-order valence-electron chi connectivity index (χ0n) is 11.1. The molecule has 1 saturated heterocycles. The van der Waals surface area contributed by atoms with Gasteiger partial charge in [-0.2, -0.15) is 0 Å². The standard InChI is InChI=1S/C14H19N3O2/c1-9-8-10(5-6-11(9)15)14(19)17-7-3-2-4-12(17)13(16)18/h5-6,8,12H,2-4,7,15H2,1H3,(H2,16,18). The maximum absolute atomic E-state index is 12.5. The van der Waals surface area contributed by atoms with E-state index in [-0.39, 0.29) is 5.91 Å². The van der Waals surface area contributed by atoms with Crippen LogP contribution in [0.4, 0.5) is 5.69 Å². The van der Waals surface area contributed by atoms with E-state index in [1.54, 1.807) is 23.1 Å². The molecule has 0 radical (unpaired) electrons. The fourth-order valence-electron chi connectivity index (χ4n) is 2.44. The molecule has 1 aromatic rings. The lowest BCUT2D eigenvalue weighted by Crippen LogP contribution is -2.50. The lowest BCUT2D eigenvalue weighted by Gasteiger charge is -2.33. The van der Waals surface area contributed by atoms with Crippen molar-refractivity contribution in [3.63, 3.8) is 0 Å². The molecule has 0 spiro atoms. The zero-order chi connectivity index (χ0) is 14.0. The molecule has 1 fully saturated rings. The predicted octanol–water partition coefficient (Wildman–Crippen LogP) is 1.06. The molecule has 1 heterocycles. The lowest BCUT2D eigenvalue weighted by atomic mass is 9.99. The molecule has 1 unspecified atom stereocenters. The summed E-state index contributed by atoms with van der Waals surface area (Å²) in [5.41, 5.74) is 13.2. The molecule has 0 aromatic heterocycles. The van der Waals surface area contributed by atoms with Gasteiger partial charge in [0.25, 0.3) is 5.91 Å². The third kappa shape index (κ3) is 2.70. The van der Waals surface area contributed by atoms with Gasteiger partial charge < -0.3 is 16.4 Å². The third-order valence-electron chi connectivity index (χ3n) is 3.61. The first-order valence-electron chi connectivity index (χ1n) is 6.47. The van der Waals surface area contributed by atoms with Crippen molar-refractivity contribution in [3.8, 4) is 0 Å². The van der Waals surface area contributed by atoms with Crippen molar-refractivity contribution in [2.24, 2.45) is 5.73 Å². The van der Waals surface area contributed by atoms with E-state index in [0.29, 0.717) is 24.2 Å². The molecule has 5 nitrogen and oxygen atoms in total. The van der Waals surface area contributed by atoms with E-state index in [1.165, 1.54) is 0 Å². The maximum Gasteiger partial charge on any atom is 0.254 e. The highest BCUT2D eigenvalue weighted by molar-refractivity contribution is 5.98. The fraction of sp³-hybridized carbons (Fsp3) is 0.429. The van der Waals surface area contributed by atoms with Crippen LogP contribution >= 0.6 is 0 Å². The fourth-order valence-corrected chi connectivity index (χ4v) is 2.44. The van der Waals surface area contributed by atoms with E-state index in [1.807, 2.05) is 6.92 Å². The van der Waals surface area contributed by atoms with Crippen LogP contribution in [0.25, 0.3) is 0 Å². The first kappa shape index (κ1) is 13.4. The number of primary amides is 1. The predicted molar refractivity (Wildman–Crippen MR) is 73.5 cm³/mol. The average molecular weight is 261 g/mol. The van der Waals surface area contributed by atoms with Gasteiger partial charge in [0.05, 0.1) is 0 Å². The molecule has 4 N–H and O–H groups in total. The summed E-state index contributed by atoms with van der Waals surface area (Å²) in [6.07, 6.45) is 2.48. The van der Waals surface area contributed by atoms with Gasteiger partial charge in [-0.3, -0.25) is 9.59 Å². The van der Waals surface area contributed by atoms with Crippen LogP contribution in [0.2, 0.25) is 0 Å². The molecule has 0 saturated carbocycles. The van der Waals surface area contributed by atoms with Crippen LogP contribution in [0.1, 0.15) is 35.2 Å². The summed E-state index contributed by atoms with van der Waals surface area (Å²) < 4.78 is 0. The first-order valence-corrected chi connectivity index (χ1v) is 6.47. The summed E-state index contributed by atoms with van der Waals surface area (Å²) in [7, 11) is 0. The second kappa shape index (κ2) is 5.30. The number of nitrogen functional groups attached to an aromatic ring is 1. The molecule has 5 heteroatoms. The lowest BCUT2D eigenvalue weighted by molar-refractivity contribution is -0.123. The smallest absolute Gasteiger partial charge is 0.254 e. The van der Waals surface area contributed by atoms with Crippen LogP contribution in [-0.2, 0) is 4.79 Å². The number of anilines is 1. The molecular weight excluding hydrogens is 242 g/mol. The van der Waals surface area contributed by atoms with Gasteiger partial charge in [-0.05, 0) is 49.9 Å². The normalized spacial score (nSPS) is 19.2. The number of aryl methyl sites for hydroxylation is 1. The SMILES string of the molecule is Cc1cc(C(=O)N2CCCCC2C(N)=O)ccc1N. The van der Waals surface area contributed by atoms with E-state index in [2.05, 4.69) is 0 Å². The van der Waals surface area contributed by atoms with E-state index in [4.69, 9.17) is 11.5 Å². The Morgan fingerprint density at radius 1 is 1.32 bits per heavy atom. The molecule has 1 aromatic carbocycles. The number of nitrogens with zero attached hydrogens (tertiary/aromatic N) is 1. The molecule has 102 valence electrons. The number of likely N-dealkylation sites (tertiary alicyclic amines) is 1. The number of hydrogen-bond donors (Lipinski definition) is 2. The van der Waals surface area contributed by atoms with Gasteiger partial charge in [0.15, 0.2) is 0 Å². The number of carbonyl (C=O) groups excluding carboxylic acids is 2. The van der Waals surface area contributed by atoms with E-state index in [0.717, 1.165) is 18.4 Å². The van der Waals surface area contributed by atoms with Crippen molar-refractivity contribution in [1.82, 2.24) is 4.90 Å². The Morgan fingerprint density at radius 2 is 2.05 bits per heavy atom. The van der Waals surface area contributed by atoms with Crippen molar-refractivity contribution in [1.29, 1.82) is 0 Å². The van der Waals surface area contributed by atoms with Gasteiger partial charge in [0.1, 0.15) is 6.04 Å². The average Bonchev–Trinajstić information content (AvgIpc) is 2.41. The van der Waals surface area contributed by atoms with Crippen molar-refractivity contribution >= 4 is 17.5 Å². The van der Waals surface area contributed by atoms with Crippen molar-refractivity contribution in [2.45, 2.75) is 32.2 Å². The van der Waals surface area contributed by atoms with Gasteiger partial charge in [-0.25, -0.2) is 0 Å². The molecule has 0 bridgehead atoms. The van der Waals surface area contributed by atoms with Crippen LogP contribution in [0.5, 0.6) is 0 Å². The Kier molecular flexibility index (Phi) is 3.74. The van der Waals surface area contributed by atoms with Gasteiger partial charge in [-0.15, -0.1) is 0 Å². The van der Waals surface area contributed by atoms with Gasteiger partial charge in [0.2, 0.25) is 5.91 Å². The molecule has 2 amide bonds. The molecule has 0 aliphatic carbocycles. The van der Waals surface area contributed by atoms with Gasteiger partial charge in [0, 0.05) is 17.8 Å². The molecule has 2 rings (SSSR count). The number of benzene rings is 1. The van der Waals surface area contributed by atoms with Gasteiger partial charge >= 0.3 is 0 Å². The Morgan fingerprint density at radius 3 is 2.68 bits per heavy atom. The number of carbonyl (C=O) groups is 2. The highest BCUT2D eigenvalue weighted by atomic mass is 16.2. The summed E-state index contributed by atoms with van der Waals surface area (Å²) in [4.78, 5) is 25.5. The second-order valence-electron chi connectivity index (χ2n) is 4.98. The third-order valence-corrected chi connectivity index (χ3v) is 3.61. The maximum atomic E-state index is 12.5. The van der Waals surface area contributed by atoms with Crippen LogP contribution < -0.4 is 11.5 Å². The van der Waals surface area contributed by atoms with Crippen molar-refractivity contribution in [2.75, 3.05) is 12.3 Å². The Balaban J connectivity index is 2.26. The summed E-state index contributed by atoms with van der Waals surface area (Å²) in [6, 6.07) is 4.67. The number of amides is 2.